The molecule has 2 amide bonds. The van der Waals surface area contributed by atoms with E-state index in [1.807, 2.05) is 0 Å². The van der Waals surface area contributed by atoms with Crippen molar-refractivity contribution in [3.05, 3.63) is 0 Å². The maximum Gasteiger partial charge on any atom is 0.224 e. The lowest BCUT2D eigenvalue weighted by Crippen LogP contribution is -2.42. The van der Waals surface area contributed by atoms with E-state index < -0.39 is 0 Å². The Balaban J connectivity index is 1.52. The zero-order valence-corrected chi connectivity index (χ0v) is 12.0. The number of morpholine rings is 1. The van der Waals surface area contributed by atoms with Crippen LogP contribution in [0.5, 0.6) is 0 Å². The van der Waals surface area contributed by atoms with E-state index >= 15 is 0 Å². The number of ether oxygens (including phenoxy) is 1. The molecule has 2 rings (SSSR count). The van der Waals surface area contributed by atoms with Crippen LogP contribution in [0.4, 0.5) is 0 Å². The van der Waals surface area contributed by atoms with Gasteiger partial charge in [0.15, 0.2) is 0 Å². The van der Waals surface area contributed by atoms with E-state index in [1.54, 1.807) is 4.90 Å². The lowest BCUT2D eigenvalue weighted by molar-refractivity contribution is -0.135. The fourth-order valence-corrected chi connectivity index (χ4v) is 2.68. The third-order valence-corrected chi connectivity index (χ3v) is 3.91. The predicted octanol–water partition coefficient (Wildman–Crippen LogP) is -0.116. The van der Waals surface area contributed by atoms with Crippen molar-refractivity contribution in [2.75, 3.05) is 39.4 Å². The van der Waals surface area contributed by atoms with E-state index in [0.29, 0.717) is 51.7 Å². The molecule has 0 bridgehead atoms. The standard InChI is InChI=1S/C14H25N3O3/c18-13(4-3-12-2-1-6-15-12)16-7-5-14(19)17-8-10-20-11-9-17/h12,15H,1-11H2,(H,16,18). The van der Waals surface area contributed by atoms with Crippen LogP contribution in [-0.4, -0.2) is 62.1 Å². The van der Waals surface area contributed by atoms with Crippen molar-refractivity contribution in [3.8, 4) is 0 Å². The highest BCUT2D eigenvalue weighted by Gasteiger charge is 2.17. The molecular formula is C14H25N3O3. The van der Waals surface area contributed by atoms with Crippen LogP contribution in [0.1, 0.15) is 32.1 Å². The minimum atomic E-state index is 0.0495. The summed E-state index contributed by atoms with van der Waals surface area (Å²) < 4.78 is 5.20. The summed E-state index contributed by atoms with van der Waals surface area (Å²) in [5.41, 5.74) is 0. The van der Waals surface area contributed by atoms with Crippen LogP contribution in [0, 0.1) is 0 Å². The Kier molecular flexibility index (Phi) is 6.26. The van der Waals surface area contributed by atoms with Gasteiger partial charge in [-0.05, 0) is 25.8 Å². The second kappa shape index (κ2) is 8.21. The van der Waals surface area contributed by atoms with Gasteiger partial charge in [0.1, 0.15) is 0 Å². The summed E-state index contributed by atoms with van der Waals surface area (Å²) in [4.78, 5) is 25.3. The molecule has 0 aromatic carbocycles. The summed E-state index contributed by atoms with van der Waals surface area (Å²) in [5.74, 6) is 0.152. The number of carbonyl (C=O) groups is 2. The van der Waals surface area contributed by atoms with Gasteiger partial charge in [-0.3, -0.25) is 9.59 Å². The summed E-state index contributed by atoms with van der Waals surface area (Å²) in [6.45, 7) is 4.08. The Labute approximate surface area is 120 Å². The molecule has 0 saturated carbocycles. The molecule has 0 aromatic heterocycles. The van der Waals surface area contributed by atoms with Crippen LogP contribution in [0.2, 0.25) is 0 Å². The zero-order chi connectivity index (χ0) is 14.2. The van der Waals surface area contributed by atoms with Gasteiger partial charge in [0, 0.05) is 38.5 Å². The molecule has 2 N–H and O–H groups in total. The van der Waals surface area contributed by atoms with Gasteiger partial charge in [-0.15, -0.1) is 0 Å². The van der Waals surface area contributed by atoms with Crippen molar-refractivity contribution in [1.29, 1.82) is 0 Å². The van der Waals surface area contributed by atoms with Crippen molar-refractivity contribution in [1.82, 2.24) is 15.5 Å². The van der Waals surface area contributed by atoms with Gasteiger partial charge in [-0.2, -0.15) is 0 Å². The van der Waals surface area contributed by atoms with E-state index in [0.717, 1.165) is 13.0 Å². The Morgan fingerprint density at radius 1 is 1.25 bits per heavy atom. The summed E-state index contributed by atoms with van der Waals surface area (Å²) in [6, 6.07) is 0.496. The zero-order valence-electron chi connectivity index (χ0n) is 12.0. The van der Waals surface area contributed by atoms with Gasteiger partial charge >= 0.3 is 0 Å². The third-order valence-electron chi connectivity index (χ3n) is 3.91. The number of rotatable bonds is 6. The molecule has 0 radical (unpaired) electrons. The van der Waals surface area contributed by atoms with Crippen molar-refractivity contribution < 1.29 is 14.3 Å². The van der Waals surface area contributed by atoms with Gasteiger partial charge in [-0.25, -0.2) is 0 Å². The van der Waals surface area contributed by atoms with Gasteiger partial charge in [0.25, 0.3) is 0 Å². The number of nitrogens with zero attached hydrogens (tertiary/aromatic N) is 1. The first-order valence-electron chi connectivity index (χ1n) is 7.61. The molecule has 1 atom stereocenters. The molecule has 2 heterocycles. The van der Waals surface area contributed by atoms with Crippen LogP contribution in [-0.2, 0) is 14.3 Å². The van der Waals surface area contributed by atoms with E-state index in [9.17, 15) is 9.59 Å². The second-order valence-corrected chi connectivity index (χ2v) is 5.43. The van der Waals surface area contributed by atoms with Crippen molar-refractivity contribution >= 4 is 11.8 Å². The molecule has 1 unspecified atom stereocenters. The minimum absolute atomic E-state index is 0.0495. The number of hydrogen-bond acceptors (Lipinski definition) is 4. The highest BCUT2D eigenvalue weighted by molar-refractivity contribution is 5.79. The SMILES string of the molecule is O=C(CCC1CCCN1)NCCC(=O)N1CCOCC1. The summed E-state index contributed by atoms with van der Waals surface area (Å²) in [5, 5.41) is 6.21. The summed E-state index contributed by atoms with van der Waals surface area (Å²) >= 11 is 0. The average Bonchev–Trinajstić information content (AvgIpc) is 2.99. The monoisotopic (exact) mass is 283 g/mol. The number of carbonyl (C=O) groups excluding carboxylic acids is 2. The third kappa shape index (κ3) is 5.09. The molecule has 0 aliphatic carbocycles. The molecule has 0 aromatic rings. The Bertz CT molecular complexity index is 324. The van der Waals surface area contributed by atoms with Gasteiger partial charge in [0.05, 0.1) is 13.2 Å². The normalized spacial score (nSPS) is 22.8. The molecule has 6 heteroatoms. The maximum atomic E-state index is 11.9. The maximum absolute atomic E-state index is 11.9. The quantitative estimate of drug-likeness (QED) is 0.713. The number of nitrogens with one attached hydrogen (secondary N) is 2. The predicted molar refractivity (Wildman–Crippen MR) is 75.3 cm³/mol. The van der Waals surface area contributed by atoms with Crippen LogP contribution >= 0.6 is 0 Å². The number of amides is 2. The van der Waals surface area contributed by atoms with Crippen LogP contribution in [0.15, 0.2) is 0 Å². The molecule has 114 valence electrons. The highest BCUT2D eigenvalue weighted by Crippen LogP contribution is 2.10. The van der Waals surface area contributed by atoms with E-state index in [-0.39, 0.29) is 11.8 Å². The Morgan fingerprint density at radius 2 is 2.05 bits per heavy atom. The van der Waals surface area contributed by atoms with Crippen molar-refractivity contribution in [3.63, 3.8) is 0 Å². The lowest BCUT2D eigenvalue weighted by atomic mass is 10.1. The van der Waals surface area contributed by atoms with E-state index in [2.05, 4.69) is 10.6 Å². The fraction of sp³-hybridized carbons (Fsp3) is 0.857. The molecule has 2 saturated heterocycles. The van der Waals surface area contributed by atoms with E-state index in [1.165, 1.54) is 12.8 Å². The smallest absolute Gasteiger partial charge is 0.224 e. The molecule has 2 aliphatic rings. The minimum Gasteiger partial charge on any atom is -0.378 e. The highest BCUT2D eigenvalue weighted by atomic mass is 16.5. The largest absolute Gasteiger partial charge is 0.378 e. The van der Waals surface area contributed by atoms with Crippen molar-refractivity contribution in [2.24, 2.45) is 0 Å². The molecule has 2 fully saturated rings. The molecule has 6 nitrogen and oxygen atoms in total. The molecule has 0 spiro atoms. The lowest BCUT2D eigenvalue weighted by Gasteiger charge is -2.26. The Morgan fingerprint density at radius 3 is 2.75 bits per heavy atom. The molecule has 20 heavy (non-hydrogen) atoms. The van der Waals surface area contributed by atoms with Crippen LogP contribution in [0.25, 0.3) is 0 Å². The van der Waals surface area contributed by atoms with Gasteiger partial charge in [-0.1, -0.05) is 0 Å². The first kappa shape index (κ1) is 15.3. The fourth-order valence-electron chi connectivity index (χ4n) is 2.68. The first-order chi connectivity index (χ1) is 9.75. The molecular weight excluding hydrogens is 258 g/mol. The summed E-state index contributed by atoms with van der Waals surface area (Å²) in [6.07, 6.45) is 4.20. The van der Waals surface area contributed by atoms with E-state index in [4.69, 9.17) is 4.74 Å². The average molecular weight is 283 g/mol. The first-order valence-corrected chi connectivity index (χ1v) is 7.61. The van der Waals surface area contributed by atoms with Crippen LogP contribution < -0.4 is 10.6 Å². The topological polar surface area (TPSA) is 70.7 Å². The van der Waals surface area contributed by atoms with Crippen molar-refractivity contribution in [2.45, 2.75) is 38.1 Å². The molecule has 2 aliphatic heterocycles. The second-order valence-electron chi connectivity index (χ2n) is 5.43. The summed E-state index contributed by atoms with van der Waals surface area (Å²) in [7, 11) is 0. The Hall–Kier alpha value is -1.14. The van der Waals surface area contributed by atoms with Gasteiger partial charge in [0.2, 0.25) is 11.8 Å². The van der Waals surface area contributed by atoms with Gasteiger partial charge < -0.3 is 20.3 Å². The van der Waals surface area contributed by atoms with Crippen LogP contribution in [0.3, 0.4) is 0 Å². The number of hydrogen-bond donors (Lipinski definition) is 2.